The molecule has 0 fully saturated rings. The van der Waals surface area contributed by atoms with Crippen LogP contribution in [0.25, 0.3) is 11.1 Å². The molecule has 0 aliphatic rings. The lowest BCUT2D eigenvalue weighted by atomic mass is 10.0. The molecule has 0 amide bonds. The highest BCUT2D eigenvalue weighted by Gasteiger charge is 2.21. The Kier molecular flexibility index (Phi) is 10.7. The highest BCUT2D eigenvalue weighted by Crippen LogP contribution is 2.34. The average molecular weight is 628 g/mol. The molecule has 0 aliphatic heterocycles. The Hall–Kier alpha value is -3.32. The number of aromatic nitrogens is 2. The first kappa shape index (κ1) is 31.6. The van der Waals surface area contributed by atoms with E-state index in [1.807, 2.05) is 25.1 Å². The molecule has 1 heterocycles. The predicted octanol–water partition coefficient (Wildman–Crippen LogP) is 8.80. The maximum Gasteiger partial charge on any atom is 0.337 e. The van der Waals surface area contributed by atoms with Gasteiger partial charge in [-0.25, -0.2) is 9.78 Å². The number of halogens is 3. The molecule has 220 valence electrons. The van der Waals surface area contributed by atoms with Crippen LogP contribution in [0.3, 0.4) is 0 Å². The topological polar surface area (TPSA) is 81.4 Å². The zero-order valence-corrected chi connectivity index (χ0v) is 26.1. The van der Waals surface area contributed by atoms with Crippen molar-refractivity contribution < 1.29 is 14.6 Å². The minimum Gasteiger partial charge on any atom is -0.489 e. The number of carboxylic acid groups (broad SMARTS) is 1. The maximum atomic E-state index is 14.1. The van der Waals surface area contributed by atoms with Crippen molar-refractivity contribution >= 4 is 40.8 Å². The summed E-state index contributed by atoms with van der Waals surface area (Å²) in [6, 6.07) is 15.9. The van der Waals surface area contributed by atoms with Crippen molar-refractivity contribution in [3.8, 4) is 16.9 Å². The van der Waals surface area contributed by atoms with E-state index in [0.717, 1.165) is 42.6 Å². The van der Waals surface area contributed by atoms with Crippen LogP contribution in [-0.4, -0.2) is 20.6 Å². The standard InChI is InChI=1S/C33H33Cl3N2O4/c1-4-6-14-28-37-20(3)29(30-25(34)12-8-13-26(30)35)32(39)38(28)18-21-15-16-27(22(17-21)9-5-2)42-19-23-10-7-11-24(31(23)36)33(40)41/h7-8,10-13,15-17H,4-6,9,14,18-19H2,1-3H3,(H,40,41). The lowest BCUT2D eigenvalue weighted by molar-refractivity contribution is 0.0697. The van der Waals surface area contributed by atoms with Crippen LogP contribution in [0.4, 0.5) is 0 Å². The molecule has 4 rings (SSSR count). The molecule has 0 atom stereocenters. The minimum atomic E-state index is -1.09. The maximum absolute atomic E-state index is 14.1. The van der Waals surface area contributed by atoms with Crippen LogP contribution in [0.5, 0.6) is 5.75 Å². The van der Waals surface area contributed by atoms with Crippen LogP contribution in [0.1, 0.15) is 71.7 Å². The van der Waals surface area contributed by atoms with Crippen LogP contribution in [0.15, 0.2) is 59.4 Å². The van der Waals surface area contributed by atoms with E-state index in [4.69, 9.17) is 44.5 Å². The summed E-state index contributed by atoms with van der Waals surface area (Å²) in [7, 11) is 0. The van der Waals surface area contributed by atoms with Gasteiger partial charge < -0.3 is 9.84 Å². The highest BCUT2D eigenvalue weighted by atomic mass is 35.5. The van der Waals surface area contributed by atoms with Crippen LogP contribution >= 0.6 is 34.8 Å². The fourth-order valence-corrected chi connectivity index (χ4v) is 5.81. The number of nitrogens with zero attached hydrogens (tertiary/aromatic N) is 2. The number of aromatic carboxylic acids is 1. The van der Waals surface area contributed by atoms with Crippen molar-refractivity contribution in [1.29, 1.82) is 0 Å². The van der Waals surface area contributed by atoms with Crippen LogP contribution in [0, 0.1) is 6.92 Å². The van der Waals surface area contributed by atoms with E-state index in [-0.39, 0.29) is 22.8 Å². The lowest BCUT2D eigenvalue weighted by Crippen LogP contribution is -2.28. The number of carbonyl (C=O) groups is 1. The number of aryl methyl sites for hydroxylation is 3. The van der Waals surface area contributed by atoms with E-state index in [1.165, 1.54) is 6.07 Å². The van der Waals surface area contributed by atoms with Crippen molar-refractivity contribution in [2.75, 3.05) is 0 Å². The summed E-state index contributed by atoms with van der Waals surface area (Å²) in [4.78, 5) is 30.4. The zero-order chi connectivity index (χ0) is 30.4. The third kappa shape index (κ3) is 7.00. The number of benzene rings is 3. The molecule has 0 bridgehead atoms. The molecule has 0 radical (unpaired) electrons. The van der Waals surface area contributed by atoms with Crippen molar-refractivity contribution in [2.24, 2.45) is 0 Å². The third-order valence-corrected chi connectivity index (χ3v) is 8.15. The van der Waals surface area contributed by atoms with Gasteiger partial charge in [-0.05, 0) is 55.2 Å². The van der Waals surface area contributed by atoms with E-state index in [2.05, 4.69) is 13.8 Å². The number of carboxylic acids is 1. The van der Waals surface area contributed by atoms with Crippen molar-refractivity contribution in [3.05, 3.63) is 114 Å². The number of hydrogen-bond acceptors (Lipinski definition) is 4. The van der Waals surface area contributed by atoms with Gasteiger partial charge in [0.15, 0.2) is 0 Å². The molecule has 1 N–H and O–H groups in total. The Labute approximate surface area is 260 Å². The Bertz CT molecular complexity index is 1650. The number of hydrogen-bond donors (Lipinski definition) is 1. The largest absolute Gasteiger partial charge is 0.489 e. The van der Waals surface area contributed by atoms with E-state index < -0.39 is 5.97 Å². The Morgan fingerprint density at radius 2 is 1.64 bits per heavy atom. The van der Waals surface area contributed by atoms with Gasteiger partial charge in [-0.15, -0.1) is 0 Å². The molecular weight excluding hydrogens is 595 g/mol. The SMILES string of the molecule is CCCCc1nc(C)c(-c2c(Cl)cccc2Cl)c(=O)n1Cc1ccc(OCc2cccc(C(=O)O)c2Cl)c(CCC)c1. The second kappa shape index (κ2) is 14.2. The summed E-state index contributed by atoms with van der Waals surface area (Å²) in [6.07, 6.45) is 4.19. The van der Waals surface area contributed by atoms with Gasteiger partial charge in [-0.2, -0.15) is 0 Å². The summed E-state index contributed by atoms with van der Waals surface area (Å²) < 4.78 is 7.85. The fraction of sp³-hybridized carbons (Fsp3) is 0.303. The first-order chi connectivity index (χ1) is 20.2. The summed E-state index contributed by atoms with van der Waals surface area (Å²) >= 11 is 19.4. The minimum absolute atomic E-state index is 0.0374. The summed E-state index contributed by atoms with van der Waals surface area (Å²) in [6.45, 7) is 6.46. The Balaban J connectivity index is 1.71. The molecular formula is C33H33Cl3N2O4. The van der Waals surface area contributed by atoms with Gasteiger partial charge in [0.1, 0.15) is 18.2 Å². The molecule has 1 aromatic heterocycles. The molecule has 42 heavy (non-hydrogen) atoms. The second-order valence-corrected chi connectivity index (χ2v) is 11.3. The zero-order valence-electron chi connectivity index (χ0n) is 23.8. The molecule has 0 aliphatic carbocycles. The average Bonchev–Trinajstić information content (AvgIpc) is 2.95. The smallest absolute Gasteiger partial charge is 0.337 e. The third-order valence-electron chi connectivity index (χ3n) is 7.07. The van der Waals surface area contributed by atoms with Gasteiger partial charge in [-0.1, -0.05) is 91.8 Å². The molecule has 9 heteroatoms. The van der Waals surface area contributed by atoms with Gasteiger partial charge in [0.25, 0.3) is 5.56 Å². The Morgan fingerprint density at radius 1 is 0.929 bits per heavy atom. The van der Waals surface area contributed by atoms with Crippen molar-refractivity contribution in [3.63, 3.8) is 0 Å². The van der Waals surface area contributed by atoms with Gasteiger partial charge in [0, 0.05) is 17.5 Å². The first-order valence-electron chi connectivity index (χ1n) is 14.0. The summed E-state index contributed by atoms with van der Waals surface area (Å²) in [5.74, 6) is 0.315. The van der Waals surface area contributed by atoms with Crippen molar-refractivity contribution in [2.45, 2.75) is 66.0 Å². The molecule has 0 saturated heterocycles. The van der Waals surface area contributed by atoms with E-state index in [1.54, 1.807) is 34.9 Å². The second-order valence-electron chi connectivity index (χ2n) is 10.1. The van der Waals surface area contributed by atoms with E-state index in [9.17, 15) is 14.7 Å². The summed E-state index contributed by atoms with van der Waals surface area (Å²) in [5, 5.41) is 10.4. The lowest BCUT2D eigenvalue weighted by Gasteiger charge is -2.18. The van der Waals surface area contributed by atoms with Gasteiger partial charge >= 0.3 is 5.97 Å². The van der Waals surface area contributed by atoms with Gasteiger partial charge in [0.05, 0.1) is 38.4 Å². The molecule has 6 nitrogen and oxygen atoms in total. The normalized spacial score (nSPS) is 11.1. The number of rotatable bonds is 12. The van der Waals surface area contributed by atoms with Crippen molar-refractivity contribution in [1.82, 2.24) is 9.55 Å². The number of unbranched alkanes of at least 4 members (excludes halogenated alkanes) is 1. The molecule has 0 saturated carbocycles. The van der Waals surface area contributed by atoms with E-state index >= 15 is 0 Å². The first-order valence-corrected chi connectivity index (χ1v) is 15.1. The van der Waals surface area contributed by atoms with E-state index in [0.29, 0.717) is 51.1 Å². The summed E-state index contributed by atoms with van der Waals surface area (Å²) in [5.41, 5.74) is 3.85. The molecule has 0 spiro atoms. The number of ether oxygens (including phenoxy) is 1. The van der Waals surface area contributed by atoms with Gasteiger partial charge in [-0.3, -0.25) is 9.36 Å². The molecule has 3 aromatic carbocycles. The van der Waals surface area contributed by atoms with Gasteiger partial charge in [0.2, 0.25) is 0 Å². The van der Waals surface area contributed by atoms with Crippen LogP contribution in [-0.2, 0) is 26.0 Å². The fourth-order valence-electron chi connectivity index (χ4n) is 4.96. The van der Waals surface area contributed by atoms with Crippen LogP contribution in [0.2, 0.25) is 15.1 Å². The van der Waals surface area contributed by atoms with Crippen LogP contribution < -0.4 is 10.3 Å². The molecule has 4 aromatic rings. The monoisotopic (exact) mass is 626 g/mol. The quantitative estimate of drug-likeness (QED) is 0.170. The predicted molar refractivity (Wildman–Crippen MR) is 170 cm³/mol. The highest BCUT2D eigenvalue weighted by molar-refractivity contribution is 6.39. The Morgan fingerprint density at radius 3 is 2.31 bits per heavy atom. The molecule has 0 unspecified atom stereocenters.